The Morgan fingerprint density at radius 1 is 1.57 bits per heavy atom. The second-order valence-electron chi connectivity index (χ2n) is 6.42. The van der Waals surface area contributed by atoms with Crippen LogP contribution in [0.25, 0.3) is 0 Å². The number of carbonyl (C=O) groups is 2. The van der Waals surface area contributed by atoms with Crippen molar-refractivity contribution >= 4 is 23.2 Å². The zero-order chi connectivity index (χ0) is 17.0. The lowest BCUT2D eigenvalue weighted by molar-refractivity contribution is -0.134. The third kappa shape index (κ3) is 5.00. The summed E-state index contributed by atoms with van der Waals surface area (Å²) >= 11 is 1.69. The van der Waals surface area contributed by atoms with Crippen LogP contribution in [0.15, 0.2) is 5.51 Å². The van der Waals surface area contributed by atoms with Gasteiger partial charge in [0.15, 0.2) is 0 Å². The van der Waals surface area contributed by atoms with Gasteiger partial charge in [-0.25, -0.2) is 4.98 Å². The van der Waals surface area contributed by atoms with Crippen LogP contribution >= 0.6 is 11.3 Å². The first-order valence-corrected chi connectivity index (χ1v) is 8.88. The number of amides is 2. The van der Waals surface area contributed by atoms with Gasteiger partial charge in [0.1, 0.15) is 6.04 Å². The molecule has 0 saturated carbocycles. The molecule has 6 nitrogen and oxygen atoms in total. The topological polar surface area (TPSA) is 65.5 Å². The zero-order valence-corrected chi connectivity index (χ0v) is 15.2. The van der Waals surface area contributed by atoms with E-state index in [9.17, 15) is 9.59 Å². The van der Waals surface area contributed by atoms with E-state index >= 15 is 0 Å². The Morgan fingerprint density at radius 2 is 2.30 bits per heavy atom. The molecule has 1 saturated heterocycles. The highest BCUT2D eigenvalue weighted by atomic mass is 32.1. The van der Waals surface area contributed by atoms with Crippen LogP contribution in [0.5, 0.6) is 0 Å². The zero-order valence-electron chi connectivity index (χ0n) is 14.3. The molecule has 23 heavy (non-hydrogen) atoms. The number of likely N-dealkylation sites (tertiary alicyclic amines) is 1. The maximum absolute atomic E-state index is 12.3. The second-order valence-corrected chi connectivity index (χ2v) is 7.36. The van der Waals surface area contributed by atoms with Crippen LogP contribution in [0.2, 0.25) is 0 Å². The maximum Gasteiger partial charge on any atom is 0.244 e. The van der Waals surface area contributed by atoms with Crippen molar-refractivity contribution in [2.75, 3.05) is 26.7 Å². The summed E-state index contributed by atoms with van der Waals surface area (Å²) in [6.45, 7) is 8.65. The average molecular weight is 338 g/mol. The van der Waals surface area contributed by atoms with E-state index in [1.54, 1.807) is 18.3 Å². The monoisotopic (exact) mass is 338 g/mol. The molecule has 1 aromatic heterocycles. The van der Waals surface area contributed by atoms with E-state index in [4.69, 9.17) is 0 Å². The van der Waals surface area contributed by atoms with Gasteiger partial charge in [0.2, 0.25) is 11.8 Å². The van der Waals surface area contributed by atoms with Crippen molar-refractivity contribution in [3.05, 3.63) is 16.1 Å². The van der Waals surface area contributed by atoms with Gasteiger partial charge in [0.05, 0.1) is 11.2 Å². The van der Waals surface area contributed by atoms with Gasteiger partial charge in [-0.15, -0.1) is 11.3 Å². The van der Waals surface area contributed by atoms with Gasteiger partial charge >= 0.3 is 0 Å². The van der Waals surface area contributed by atoms with Gasteiger partial charge in [-0.2, -0.15) is 0 Å². The van der Waals surface area contributed by atoms with Gasteiger partial charge in [-0.1, -0.05) is 0 Å². The summed E-state index contributed by atoms with van der Waals surface area (Å²) in [5, 5.41) is 2.66. The normalized spacial score (nSPS) is 19.2. The van der Waals surface area contributed by atoms with Crippen LogP contribution in [0.3, 0.4) is 0 Å². The van der Waals surface area contributed by atoms with E-state index in [1.165, 1.54) is 11.8 Å². The third-order valence-corrected chi connectivity index (χ3v) is 5.14. The molecule has 1 aromatic rings. The van der Waals surface area contributed by atoms with E-state index in [2.05, 4.69) is 22.2 Å². The van der Waals surface area contributed by atoms with E-state index in [0.717, 1.165) is 38.3 Å². The first-order valence-electron chi connectivity index (χ1n) is 8.00. The minimum atomic E-state index is -0.441. The van der Waals surface area contributed by atoms with E-state index < -0.39 is 6.04 Å². The number of rotatable bonds is 6. The lowest BCUT2D eigenvalue weighted by atomic mass is 10.1. The van der Waals surface area contributed by atoms with Gasteiger partial charge < -0.3 is 15.1 Å². The first kappa shape index (κ1) is 17.9. The van der Waals surface area contributed by atoms with Crippen LogP contribution in [-0.2, 0) is 16.1 Å². The highest BCUT2D eigenvalue weighted by Crippen LogP contribution is 2.20. The molecule has 7 heteroatoms. The number of thiazole rings is 1. The molecule has 2 atom stereocenters. The highest BCUT2D eigenvalue weighted by molar-refractivity contribution is 7.09. The molecule has 0 aromatic carbocycles. The molecule has 0 aliphatic carbocycles. The molecule has 2 rings (SSSR count). The molecule has 1 fully saturated rings. The Bertz CT molecular complexity index is 560. The van der Waals surface area contributed by atoms with E-state index in [-0.39, 0.29) is 11.8 Å². The molecule has 128 valence electrons. The number of hydrogen-bond donors (Lipinski definition) is 1. The fourth-order valence-electron chi connectivity index (χ4n) is 3.05. The highest BCUT2D eigenvalue weighted by Gasteiger charge is 2.29. The van der Waals surface area contributed by atoms with Gasteiger partial charge in [0, 0.05) is 38.0 Å². The molecule has 1 aliphatic rings. The van der Waals surface area contributed by atoms with Crippen molar-refractivity contribution in [3.63, 3.8) is 0 Å². The van der Waals surface area contributed by atoms with Crippen LogP contribution in [0.1, 0.15) is 30.8 Å². The summed E-state index contributed by atoms with van der Waals surface area (Å²) in [5.74, 6) is 0.339. The standard InChI is InChI=1S/C16H26N4O2S/c1-11-15(23-10-17-11)9-19(4)7-14-5-6-20(8-14)16(22)12(2)18-13(3)21/h10,12,14H,5-9H2,1-4H3,(H,18,21)/t12-,14-/m1/s1. The fraction of sp³-hybridized carbons (Fsp3) is 0.688. The van der Waals surface area contributed by atoms with Crippen LogP contribution in [-0.4, -0.2) is 59.3 Å². The van der Waals surface area contributed by atoms with Gasteiger partial charge in [-0.05, 0) is 33.2 Å². The largest absolute Gasteiger partial charge is 0.345 e. The van der Waals surface area contributed by atoms with Crippen LogP contribution < -0.4 is 5.32 Å². The van der Waals surface area contributed by atoms with Crippen LogP contribution in [0, 0.1) is 12.8 Å². The average Bonchev–Trinajstić information content (AvgIpc) is 3.07. The maximum atomic E-state index is 12.3. The fourth-order valence-corrected chi connectivity index (χ4v) is 3.91. The number of carbonyl (C=O) groups excluding carboxylic acids is 2. The molecular formula is C16H26N4O2S. The SMILES string of the molecule is CC(=O)N[C@H](C)C(=O)N1CC[C@H](CN(C)Cc2scnc2C)C1. The molecule has 0 bridgehead atoms. The number of aromatic nitrogens is 1. The Balaban J connectivity index is 1.79. The second kappa shape index (κ2) is 7.88. The number of aryl methyl sites for hydroxylation is 1. The smallest absolute Gasteiger partial charge is 0.244 e. The Morgan fingerprint density at radius 3 is 2.91 bits per heavy atom. The molecule has 2 heterocycles. The van der Waals surface area contributed by atoms with Crippen molar-refractivity contribution in [1.29, 1.82) is 0 Å². The predicted molar refractivity (Wildman–Crippen MR) is 91.2 cm³/mol. The Hall–Kier alpha value is -1.47. The summed E-state index contributed by atoms with van der Waals surface area (Å²) in [4.78, 5) is 33.1. The number of nitrogens with zero attached hydrogens (tertiary/aromatic N) is 3. The summed E-state index contributed by atoms with van der Waals surface area (Å²) in [6, 6.07) is -0.441. The molecule has 0 spiro atoms. The quantitative estimate of drug-likeness (QED) is 0.848. The van der Waals surface area contributed by atoms with Crippen molar-refractivity contribution in [3.8, 4) is 0 Å². The molecule has 1 aliphatic heterocycles. The molecule has 0 unspecified atom stereocenters. The lowest BCUT2D eigenvalue weighted by Gasteiger charge is -2.23. The van der Waals surface area contributed by atoms with E-state index in [1.807, 2.05) is 17.3 Å². The van der Waals surface area contributed by atoms with E-state index in [0.29, 0.717) is 5.92 Å². The van der Waals surface area contributed by atoms with Gasteiger partial charge in [-0.3, -0.25) is 9.59 Å². The molecule has 1 N–H and O–H groups in total. The van der Waals surface area contributed by atoms with Crippen molar-refractivity contribution in [2.24, 2.45) is 5.92 Å². The Kier molecular flexibility index (Phi) is 6.12. The van der Waals surface area contributed by atoms with Crippen molar-refractivity contribution < 1.29 is 9.59 Å². The number of nitrogens with one attached hydrogen (secondary N) is 1. The minimum absolute atomic E-state index is 0.0173. The summed E-state index contributed by atoms with van der Waals surface area (Å²) in [7, 11) is 2.11. The van der Waals surface area contributed by atoms with Crippen molar-refractivity contribution in [1.82, 2.24) is 20.1 Å². The molecule has 2 amide bonds. The first-order chi connectivity index (χ1) is 10.9. The summed E-state index contributed by atoms with van der Waals surface area (Å²) in [5.41, 5.74) is 2.99. The molecular weight excluding hydrogens is 312 g/mol. The van der Waals surface area contributed by atoms with Crippen molar-refractivity contribution in [2.45, 2.75) is 39.8 Å². The van der Waals surface area contributed by atoms with Gasteiger partial charge in [0.25, 0.3) is 0 Å². The summed E-state index contributed by atoms with van der Waals surface area (Å²) < 4.78 is 0. The Labute approximate surface area is 141 Å². The minimum Gasteiger partial charge on any atom is -0.345 e. The summed E-state index contributed by atoms with van der Waals surface area (Å²) in [6.07, 6.45) is 1.02. The molecule has 0 radical (unpaired) electrons. The predicted octanol–water partition coefficient (Wildman–Crippen LogP) is 1.26. The lowest BCUT2D eigenvalue weighted by Crippen LogP contribution is -2.45. The van der Waals surface area contributed by atoms with Crippen LogP contribution in [0.4, 0.5) is 0 Å². The third-order valence-electron chi connectivity index (χ3n) is 4.22. The number of hydrogen-bond acceptors (Lipinski definition) is 5.